The molecule has 0 aromatic rings. The van der Waals surface area contributed by atoms with E-state index in [1.807, 2.05) is 6.92 Å². The Balaban J connectivity index is 3.38. The van der Waals surface area contributed by atoms with Gasteiger partial charge in [-0.05, 0) is 32.7 Å². The molecule has 5 nitrogen and oxygen atoms in total. The van der Waals surface area contributed by atoms with E-state index in [0.717, 1.165) is 39.0 Å². The van der Waals surface area contributed by atoms with Crippen LogP contribution in [0.1, 0.15) is 33.1 Å². The van der Waals surface area contributed by atoms with Crippen LogP contribution in [0, 0.1) is 0 Å². The number of hydrogen-bond donors (Lipinski definition) is 2. The molecule has 0 aliphatic rings. The van der Waals surface area contributed by atoms with Gasteiger partial charge in [0.05, 0.1) is 6.04 Å². The molecule has 1 atom stereocenters. The van der Waals surface area contributed by atoms with E-state index in [9.17, 15) is 4.79 Å². The fourth-order valence-corrected chi connectivity index (χ4v) is 1.41. The molecule has 108 valence electrons. The molecule has 2 N–H and O–H groups in total. The largest absolute Gasteiger partial charge is 0.385 e. The van der Waals surface area contributed by atoms with E-state index in [-0.39, 0.29) is 11.9 Å². The van der Waals surface area contributed by atoms with Crippen LogP contribution in [0.15, 0.2) is 0 Å². The van der Waals surface area contributed by atoms with Crippen molar-refractivity contribution in [2.75, 3.05) is 40.0 Å². The zero-order chi connectivity index (χ0) is 13.6. The van der Waals surface area contributed by atoms with Crippen molar-refractivity contribution in [1.82, 2.24) is 10.6 Å². The summed E-state index contributed by atoms with van der Waals surface area (Å²) in [5.74, 6) is 0.0422. The first-order valence-electron chi connectivity index (χ1n) is 6.80. The lowest BCUT2D eigenvalue weighted by Gasteiger charge is -2.14. The molecule has 0 bridgehead atoms. The molecule has 0 heterocycles. The van der Waals surface area contributed by atoms with Crippen LogP contribution in [0.2, 0.25) is 0 Å². The molecular weight excluding hydrogens is 232 g/mol. The number of carbonyl (C=O) groups excluding carboxylic acids is 1. The second-order valence-corrected chi connectivity index (χ2v) is 4.28. The molecule has 5 heteroatoms. The van der Waals surface area contributed by atoms with Gasteiger partial charge in [0, 0.05) is 33.5 Å². The molecule has 0 aliphatic carbocycles. The number of carbonyl (C=O) groups is 1. The van der Waals surface area contributed by atoms with Gasteiger partial charge in [-0.15, -0.1) is 0 Å². The third kappa shape index (κ3) is 10.5. The second-order valence-electron chi connectivity index (χ2n) is 4.28. The van der Waals surface area contributed by atoms with E-state index in [1.165, 1.54) is 0 Å². The van der Waals surface area contributed by atoms with Gasteiger partial charge in [0.25, 0.3) is 0 Å². The van der Waals surface area contributed by atoms with Crippen molar-refractivity contribution in [2.24, 2.45) is 0 Å². The maximum absolute atomic E-state index is 11.6. The van der Waals surface area contributed by atoms with E-state index in [1.54, 1.807) is 7.11 Å². The van der Waals surface area contributed by atoms with E-state index >= 15 is 0 Å². The molecule has 18 heavy (non-hydrogen) atoms. The van der Waals surface area contributed by atoms with E-state index < -0.39 is 0 Å². The highest BCUT2D eigenvalue weighted by Gasteiger charge is 2.10. The van der Waals surface area contributed by atoms with Crippen molar-refractivity contribution in [3.8, 4) is 0 Å². The van der Waals surface area contributed by atoms with Crippen molar-refractivity contribution in [3.63, 3.8) is 0 Å². The lowest BCUT2D eigenvalue weighted by molar-refractivity contribution is -0.122. The maximum Gasteiger partial charge on any atom is 0.236 e. The predicted molar refractivity (Wildman–Crippen MR) is 72.7 cm³/mol. The number of amides is 1. The van der Waals surface area contributed by atoms with Crippen molar-refractivity contribution in [2.45, 2.75) is 39.2 Å². The molecule has 0 radical (unpaired) electrons. The molecule has 0 aromatic heterocycles. The third-order valence-electron chi connectivity index (χ3n) is 2.48. The van der Waals surface area contributed by atoms with Crippen LogP contribution in [0.5, 0.6) is 0 Å². The normalized spacial score (nSPS) is 12.4. The zero-order valence-corrected chi connectivity index (χ0v) is 12.0. The van der Waals surface area contributed by atoms with Crippen LogP contribution in [-0.2, 0) is 14.3 Å². The average molecular weight is 260 g/mol. The summed E-state index contributed by atoms with van der Waals surface area (Å²) in [7, 11) is 1.66. The van der Waals surface area contributed by atoms with Crippen LogP contribution in [0.25, 0.3) is 0 Å². The number of methoxy groups -OCH3 is 1. The summed E-state index contributed by atoms with van der Waals surface area (Å²) in [6.45, 7) is 7.68. The first-order valence-corrected chi connectivity index (χ1v) is 6.80. The summed E-state index contributed by atoms with van der Waals surface area (Å²) in [5, 5.41) is 6.04. The molecule has 0 fully saturated rings. The van der Waals surface area contributed by atoms with Gasteiger partial charge in [0.1, 0.15) is 0 Å². The number of rotatable bonds is 12. The number of hydrogen-bond acceptors (Lipinski definition) is 4. The fraction of sp³-hybridized carbons (Fsp3) is 0.923. The topological polar surface area (TPSA) is 59.6 Å². The minimum Gasteiger partial charge on any atom is -0.385 e. The van der Waals surface area contributed by atoms with Gasteiger partial charge >= 0.3 is 0 Å². The highest BCUT2D eigenvalue weighted by molar-refractivity contribution is 5.81. The van der Waals surface area contributed by atoms with Gasteiger partial charge < -0.3 is 20.1 Å². The Morgan fingerprint density at radius 3 is 2.56 bits per heavy atom. The standard InChI is InChI=1S/C13H28N2O3/c1-4-9-18-11-6-7-14-12(2)13(16)15-8-5-10-17-3/h12,14H,4-11H2,1-3H3,(H,15,16). The number of nitrogens with one attached hydrogen (secondary N) is 2. The zero-order valence-electron chi connectivity index (χ0n) is 12.0. The Labute approximate surface area is 111 Å². The Kier molecular flexibility index (Phi) is 12.3. The highest BCUT2D eigenvalue weighted by Crippen LogP contribution is 1.87. The molecule has 1 unspecified atom stereocenters. The van der Waals surface area contributed by atoms with Gasteiger partial charge in [-0.2, -0.15) is 0 Å². The summed E-state index contributed by atoms with van der Waals surface area (Å²) < 4.78 is 10.3. The lowest BCUT2D eigenvalue weighted by atomic mass is 10.3. The van der Waals surface area contributed by atoms with Crippen LogP contribution >= 0.6 is 0 Å². The van der Waals surface area contributed by atoms with Gasteiger partial charge in [-0.3, -0.25) is 4.79 Å². The minimum atomic E-state index is -0.154. The predicted octanol–water partition coefficient (Wildman–Crippen LogP) is 0.934. The van der Waals surface area contributed by atoms with Crippen molar-refractivity contribution < 1.29 is 14.3 Å². The molecule has 0 saturated heterocycles. The van der Waals surface area contributed by atoms with E-state index in [0.29, 0.717) is 13.2 Å². The Hall–Kier alpha value is -0.650. The van der Waals surface area contributed by atoms with Crippen LogP contribution in [0.3, 0.4) is 0 Å². The summed E-state index contributed by atoms with van der Waals surface area (Å²) in [6.07, 6.45) is 2.83. The monoisotopic (exact) mass is 260 g/mol. The Bertz CT molecular complexity index is 201. The molecule has 0 rings (SSSR count). The van der Waals surface area contributed by atoms with Gasteiger partial charge in [-0.25, -0.2) is 0 Å². The SMILES string of the molecule is CCCOCCCNC(C)C(=O)NCCCOC. The van der Waals surface area contributed by atoms with Crippen LogP contribution in [0.4, 0.5) is 0 Å². The molecule has 0 aromatic carbocycles. The fourth-order valence-electron chi connectivity index (χ4n) is 1.41. The van der Waals surface area contributed by atoms with E-state index in [4.69, 9.17) is 9.47 Å². The summed E-state index contributed by atoms with van der Waals surface area (Å²) in [4.78, 5) is 11.6. The third-order valence-corrected chi connectivity index (χ3v) is 2.48. The molecule has 0 aliphatic heterocycles. The van der Waals surface area contributed by atoms with Crippen LogP contribution in [-0.4, -0.2) is 52.0 Å². The smallest absolute Gasteiger partial charge is 0.236 e. The van der Waals surface area contributed by atoms with Gasteiger partial charge in [0.2, 0.25) is 5.91 Å². The quantitative estimate of drug-likeness (QED) is 0.513. The van der Waals surface area contributed by atoms with Crippen molar-refractivity contribution in [3.05, 3.63) is 0 Å². The number of ether oxygens (including phenoxy) is 2. The van der Waals surface area contributed by atoms with Crippen molar-refractivity contribution >= 4 is 5.91 Å². The maximum atomic E-state index is 11.6. The van der Waals surface area contributed by atoms with E-state index in [2.05, 4.69) is 17.6 Å². The summed E-state index contributed by atoms with van der Waals surface area (Å²) in [6, 6.07) is -0.154. The molecule has 0 saturated carbocycles. The van der Waals surface area contributed by atoms with Crippen LogP contribution < -0.4 is 10.6 Å². The Morgan fingerprint density at radius 1 is 1.17 bits per heavy atom. The first-order chi connectivity index (χ1) is 8.72. The summed E-state index contributed by atoms with van der Waals surface area (Å²) in [5.41, 5.74) is 0. The second kappa shape index (κ2) is 12.8. The molecular formula is C13H28N2O3. The minimum absolute atomic E-state index is 0.0422. The highest BCUT2D eigenvalue weighted by atomic mass is 16.5. The molecule has 0 spiro atoms. The lowest BCUT2D eigenvalue weighted by Crippen LogP contribution is -2.43. The van der Waals surface area contributed by atoms with Gasteiger partial charge in [0.15, 0.2) is 0 Å². The summed E-state index contributed by atoms with van der Waals surface area (Å²) >= 11 is 0. The van der Waals surface area contributed by atoms with Gasteiger partial charge in [-0.1, -0.05) is 6.92 Å². The van der Waals surface area contributed by atoms with Crippen molar-refractivity contribution in [1.29, 1.82) is 0 Å². The molecule has 1 amide bonds. The first kappa shape index (κ1) is 17.4. The average Bonchev–Trinajstić information content (AvgIpc) is 2.38. The Morgan fingerprint density at radius 2 is 1.89 bits per heavy atom.